The van der Waals surface area contributed by atoms with Crippen molar-refractivity contribution in [3.63, 3.8) is 0 Å². The van der Waals surface area contributed by atoms with Crippen LogP contribution >= 0.6 is 24.8 Å². The maximum atomic E-state index is 11.1. The first-order valence-electron chi connectivity index (χ1n) is 4.85. The zero-order chi connectivity index (χ0) is 10.4. The monoisotopic (exact) mass is 270 g/mol. The Labute approximate surface area is 111 Å². The van der Waals surface area contributed by atoms with Gasteiger partial charge in [-0.25, -0.2) is 0 Å². The number of carbonyl (C=O) groups is 1. The second kappa shape index (κ2) is 4.82. The molecule has 0 bridgehead atoms. The highest BCUT2D eigenvalue weighted by atomic mass is 35.5. The molecule has 3 rings (SSSR count). The number of amides is 1. The van der Waals surface area contributed by atoms with Crippen LogP contribution in [0.15, 0.2) is 30.3 Å². The summed E-state index contributed by atoms with van der Waals surface area (Å²) in [7, 11) is 0. The topological polar surface area (TPSA) is 55.1 Å². The molecule has 3 nitrogen and oxygen atoms in total. The lowest BCUT2D eigenvalue weighted by Gasteiger charge is -2.02. The number of carbonyl (C=O) groups excluding carboxylic acids is 1. The van der Waals surface area contributed by atoms with Crippen LogP contribution in [0.1, 0.15) is 15.9 Å². The van der Waals surface area contributed by atoms with Crippen LogP contribution in [0.3, 0.4) is 0 Å². The van der Waals surface area contributed by atoms with E-state index in [-0.39, 0.29) is 30.7 Å². The first-order valence-corrected chi connectivity index (χ1v) is 4.85. The molecule has 1 aliphatic heterocycles. The fraction of sp³-hybridized carbons (Fsp3) is 0.0833. The van der Waals surface area contributed by atoms with Crippen molar-refractivity contribution >= 4 is 47.2 Å². The van der Waals surface area contributed by atoms with Gasteiger partial charge in [0.25, 0.3) is 0 Å². The number of benzene rings is 2. The van der Waals surface area contributed by atoms with Crippen LogP contribution in [-0.4, -0.2) is 5.91 Å². The number of rotatable bonds is 1. The summed E-state index contributed by atoms with van der Waals surface area (Å²) in [4.78, 5) is 11.1. The van der Waals surface area contributed by atoms with Gasteiger partial charge in [0.2, 0.25) is 5.91 Å². The predicted molar refractivity (Wildman–Crippen MR) is 74.3 cm³/mol. The number of primary amides is 1. The molecule has 0 spiro atoms. The third kappa shape index (κ3) is 2.04. The summed E-state index contributed by atoms with van der Waals surface area (Å²) in [5.74, 6) is -0.370. The van der Waals surface area contributed by atoms with Crippen LogP contribution < -0.4 is 11.1 Å². The summed E-state index contributed by atoms with van der Waals surface area (Å²) in [5, 5.41) is 5.57. The van der Waals surface area contributed by atoms with Gasteiger partial charge in [0.15, 0.2) is 0 Å². The van der Waals surface area contributed by atoms with Crippen molar-refractivity contribution in [1.82, 2.24) is 0 Å². The van der Waals surface area contributed by atoms with E-state index in [4.69, 9.17) is 5.73 Å². The summed E-state index contributed by atoms with van der Waals surface area (Å²) in [5.41, 5.74) is 8.16. The molecule has 3 N–H and O–H groups in total. The molecule has 5 heteroatoms. The fourth-order valence-electron chi connectivity index (χ4n) is 2.14. The number of anilines is 1. The number of hydrogen-bond donors (Lipinski definition) is 2. The number of hydrogen-bond acceptors (Lipinski definition) is 2. The summed E-state index contributed by atoms with van der Waals surface area (Å²) in [6.07, 6.45) is 0. The minimum atomic E-state index is -0.370. The van der Waals surface area contributed by atoms with E-state index in [1.54, 1.807) is 0 Å². The Morgan fingerprint density at radius 3 is 2.71 bits per heavy atom. The molecule has 2 aromatic rings. The summed E-state index contributed by atoms with van der Waals surface area (Å²) in [6, 6.07) is 9.74. The first-order chi connectivity index (χ1) is 7.25. The zero-order valence-electron chi connectivity index (χ0n) is 8.90. The lowest BCUT2D eigenvalue weighted by Crippen LogP contribution is -2.11. The van der Waals surface area contributed by atoms with E-state index >= 15 is 0 Å². The number of halogens is 2. The Kier molecular flexibility index (Phi) is 3.86. The zero-order valence-corrected chi connectivity index (χ0v) is 10.5. The van der Waals surface area contributed by atoms with E-state index < -0.39 is 0 Å². The van der Waals surface area contributed by atoms with Crippen LogP contribution in [0, 0.1) is 0 Å². The van der Waals surface area contributed by atoms with E-state index in [1.807, 2.05) is 30.3 Å². The van der Waals surface area contributed by atoms with Crippen molar-refractivity contribution in [3.05, 3.63) is 41.5 Å². The first kappa shape index (κ1) is 13.6. The molecule has 90 valence electrons. The van der Waals surface area contributed by atoms with Gasteiger partial charge < -0.3 is 11.1 Å². The highest BCUT2D eigenvalue weighted by molar-refractivity contribution is 6.04. The lowest BCUT2D eigenvalue weighted by molar-refractivity contribution is 0.100. The van der Waals surface area contributed by atoms with Crippen molar-refractivity contribution in [2.45, 2.75) is 6.54 Å². The Hall–Kier alpha value is -1.45. The SMILES string of the molecule is Cl.Cl.NC(=O)c1cc2c3c(cccc3c1)NC2. The molecule has 1 aliphatic rings. The molecule has 0 radical (unpaired) electrons. The van der Waals surface area contributed by atoms with Gasteiger partial charge in [-0.3, -0.25) is 4.79 Å². The second-order valence-electron chi connectivity index (χ2n) is 3.76. The molecule has 0 atom stereocenters. The number of nitrogens with one attached hydrogen (secondary N) is 1. The van der Waals surface area contributed by atoms with Crippen molar-refractivity contribution in [3.8, 4) is 0 Å². The van der Waals surface area contributed by atoms with Crippen LogP contribution in [0.4, 0.5) is 5.69 Å². The van der Waals surface area contributed by atoms with Crippen molar-refractivity contribution in [2.24, 2.45) is 5.73 Å². The van der Waals surface area contributed by atoms with Crippen molar-refractivity contribution in [2.75, 3.05) is 5.32 Å². The predicted octanol–water partition coefficient (Wildman–Crippen LogP) is 2.71. The van der Waals surface area contributed by atoms with E-state index in [2.05, 4.69) is 5.32 Å². The molecule has 2 aromatic carbocycles. The third-order valence-electron chi connectivity index (χ3n) is 2.81. The quantitative estimate of drug-likeness (QED) is 0.837. The molecule has 0 fully saturated rings. The van der Waals surface area contributed by atoms with Gasteiger partial charge >= 0.3 is 0 Å². The summed E-state index contributed by atoms with van der Waals surface area (Å²) in [6.45, 7) is 0.775. The summed E-state index contributed by atoms with van der Waals surface area (Å²) < 4.78 is 0. The van der Waals surface area contributed by atoms with Crippen LogP contribution in [0.25, 0.3) is 10.8 Å². The van der Waals surface area contributed by atoms with Crippen LogP contribution in [-0.2, 0) is 6.54 Å². The van der Waals surface area contributed by atoms with Gasteiger partial charge in [-0.05, 0) is 29.1 Å². The van der Waals surface area contributed by atoms with Gasteiger partial charge in [-0.2, -0.15) is 0 Å². The van der Waals surface area contributed by atoms with Gasteiger partial charge in [-0.15, -0.1) is 24.8 Å². The molecular weight excluding hydrogens is 259 g/mol. The molecule has 0 saturated heterocycles. The lowest BCUT2D eigenvalue weighted by atomic mass is 10.0. The molecule has 0 saturated carbocycles. The molecular formula is C12H12Cl2N2O. The number of nitrogens with two attached hydrogens (primary N) is 1. The normalized spacial score (nSPS) is 11.3. The van der Waals surface area contributed by atoms with Gasteiger partial charge in [-0.1, -0.05) is 12.1 Å². The van der Waals surface area contributed by atoms with Crippen LogP contribution in [0.5, 0.6) is 0 Å². The van der Waals surface area contributed by atoms with Gasteiger partial charge in [0.1, 0.15) is 0 Å². The molecule has 0 aliphatic carbocycles. The Balaban J connectivity index is 0.000000722. The smallest absolute Gasteiger partial charge is 0.248 e. The van der Waals surface area contributed by atoms with Crippen molar-refractivity contribution in [1.29, 1.82) is 0 Å². The summed E-state index contributed by atoms with van der Waals surface area (Å²) >= 11 is 0. The minimum absolute atomic E-state index is 0. The Morgan fingerprint density at radius 2 is 2.00 bits per heavy atom. The Bertz CT molecular complexity index is 584. The van der Waals surface area contributed by atoms with Crippen LogP contribution in [0.2, 0.25) is 0 Å². The second-order valence-corrected chi connectivity index (χ2v) is 3.76. The fourth-order valence-corrected chi connectivity index (χ4v) is 2.14. The van der Waals surface area contributed by atoms with E-state index in [0.29, 0.717) is 5.56 Å². The standard InChI is InChI=1S/C12H10N2O.2ClH/c13-12(15)8-4-7-2-1-3-10-11(7)9(5-8)6-14-10;;/h1-5,14H,6H2,(H2,13,15);2*1H. The molecule has 0 aromatic heterocycles. The average Bonchev–Trinajstić information content (AvgIpc) is 2.64. The maximum absolute atomic E-state index is 11.1. The van der Waals surface area contributed by atoms with Gasteiger partial charge in [0.05, 0.1) is 0 Å². The van der Waals surface area contributed by atoms with Crippen molar-refractivity contribution < 1.29 is 4.79 Å². The van der Waals surface area contributed by atoms with E-state index in [0.717, 1.165) is 23.2 Å². The molecule has 1 amide bonds. The highest BCUT2D eigenvalue weighted by Gasteiger charge is 2.15. The Morgan fingerprint density at radius 1 is 1.24 bits per heavy atom. The van der Waals surface area contributed by atoms with E-state index in [9.17, 15) is 4.79 Å². The molecule has 1 heterocycles. The largest absolute Gasteiger partial charge is 0.380 e. The average molecular weight is 271 g/mol. The molecule has 0 unspecified atom stereocenters. The third-order valence-corrected chi connectivity index (χ3v) is 2.81. The highest BCUT2D eigenvalue weighted by Crippen LogP contribution is 2.33. The van der Waals surface area contributed by atoms with Gasteiger partial charge in [0, 0.05) is 23.2 Å². The maximum Gasteiger partial charge on any atom is 0.248 e. The minimum Gasteiger partial charge on any atom is -0.380 e. The molecule has 17 heavy (non-hydrogen) atoms. The van der Waals surface area contributed by atoms with E-state index in [1.165, 1.54) is 5.39 Å².